The van der Waals surface area contributed by atoms with Crippen LogP contribution in [0, 0.1) is 0 Å². The first-order chi connectivity index (χ1) is 11.3. The van der Waals surface area contributed by atoms with Gasteiger partial charge in [-0.2, -0.15) is 0 Å². The van der Waals surface area contributed by atoms with E-state index in [1.54, 1.807) is 24.3 Å². The highest BCUT2D eigenvalue weighted by Gasteiger charge is 2.34. The number of hydrogen-bond acceptors (Lipinski definition) is 5. The number of carbonyl (C=O) groups is 2. The fourth-order valence-corrected chi connectivity index (χ4v) is 4.69. The van der Waals surface area contributed by atoms with Crippen molar-refractivity contribution >= 4 is 33.3 Å². The van der Waals surface area contributed by atoms with Crippen molar-refractivity contribution in [1.29, 1.82) is 0 Å². The molecule has 0 N–H and O–H groups in total. The number of esters is 1. The second-order valence-electron chi connectivity index (χ2n) is 5.74. The molecule has 0 radical (unpaired) electrons. The smallest absolute Gasteiger partial charge is 0.307 e. The zero-order valence-corrected chi connectivity index (χ0v) is 15.0. The normalized spacial score (nSPS) is 19.0. The molecule has 8 heteroatoms. The molecule has 0 aliphatic carbocycles. The molecule has 2 rings (SSSR count). The van der Waals surface area contributed by atoms with Gasteiger partial charge in [0.2, 0.25) is 5.91 Å². The molecule has 1 aliphatic heterocycles. The maximum Gasteiger partial charge on any atom is 0.307 e. The zero-order chi connectivity index (χ0) is 17.7. The van der Waals surface area contributed by atoms with Gasteiger partial charge in [-0.25, -0.2) is 8.42 Å². The van der Waals surface area contributed by atoms with E-state index in [1.165, 1.54) is 12.0 Å². The van der Waals surface area contributed by atoms with E-state index in [1.807, 2.05) is 0 Å². The number of halogens is 1. The standard InChI is InChI=1S/C16H20ClNO5S/c1-23-16(20)6-8-18(13-7-9-24(21,22)11-13)15(19)10-12-4-2-3-5-14(12)17/h2-5,13H,6-11H2,1H3/t13-/m1/s1. The van der Waals surface area contributed by atoms with Gasteiger partial charge >= 0.3 is 5.97 Å². The highest BCUT2D eigenvalue weighted by molar-refractivity contribution is 7.91. The Morgan fingerprint density at radius 2 is 2.04 bits per heavy atom. The monoisotopic (exact) mass is 373 g/mol. The van der Waals surface area contributed by atoms with E-state index < -0.39 is 21.8 Å². The van der Waals surface area contributed by atoms with Crippen molar-refractivity contribution in [2.24, 2.45) is 0 Å². The van der Waals surface area contributed by atoms with Crippen molar-refractivity contribution in [2.45, 2.75) is 25.3 Å². The van der Waals surface area contributed by atoms with E-state index in [-0.39, 0.29) is 36.8 Å². The summed E-state index contributed by atoms with van der Waals surface area (Å²) in [4.78, 5) is 25.6. The maximum atomic E-state index is 12.7. The SMILES string of the molecule is COC(=O)CCN(C(=O)Cc1ccccc1Cl)[C@@H]1CCS(=O)(=O)C1. The van der Waals surface area contributed by atoms with Crippen LogP contribution in [0.2, 0.25) is 5.02 Å². The third-order valence-corrected chi connectivity index (χ3v) is 6.17. The molecule has 1 aromatic carbocycles. The molecule has 132 valence electrons. The van der Waals surface area contributed by atoms with Crippen molar-refractivity contribution in [3.63, 3.8) is 0 Å². The first-order valence-corrected chi connectivity index (χ1v) is 9.82. The molecule has 1 aliphatic rings. The number of ether oxygens (including phenoxy) is 1. The molecule has 1 heterocycles. The molecule has 6 nitrogen and oxygen atoms in total. The Balaban J connectivity index is 2.13. The predicted octanol–water partition coefficient (Wildman–Crippen LogP) is 1.46. The molecule has 0 spiro atoms. The number of nitrogens with zero attached hydrogens (tertiary/aromatic N) is 1. The van der Waals surface area contributed by atoms with Gasteiger partial charge in [-0.3, -0.25) is 9.59 Å². The molecule has 1 fully saturated rings. The molecule has 1 saturated heterocycles. The van der Waals surface area contributed by atoms with E-state index in [9.17, 15) is 18.0 Å². The molecule has 24 heavy (non-hydrogen) atoms. The van der Waals surface area contributed by atoms with Crippen LogP contribution in [0.5, 0.6) is 0 Å². The summed E-state index contributed by atoms with van der Waals surface area (Å²) in [5.74, 6) is -0.686. The lowest BCUT2D eigenvalue weighted by Gasteiger charge is -2.28. The highest BCUT2D eigenvalue weighted by Crippen LogP contribution is 2.21. The molecule has 1 amide bonds. The van der Waals surface area contributed by atoms with E-state index in [0.29, 0.717) is 17.0 Å². The topological polar surface area (TPSA) is 80.8 Å². The molecule has 1 atom stereocenters. The van der Waals surface area contributed by atoms with Crippen molar-refractivity contribution in [1.82, 2.24) is 4.90 Å². The molecule has 0 bridgehead atoms. The predicted molar refractivity (Wildman–Crippen MR) is 90.6 cm³/mol. The molecular formula is C16H20ClNO5S. The number of rotatable bonds is 6. The first kappa shape index (κ1) is 18.7. The number of amides is 1. The highest BCUT2D eigenvalue weighted by atomic mass is 35.5. The van der Waals surface area contributed by atoms with Gasteiger partial charge in [0.05, 0.1) is 31.5 Å². The Hall–Kier alpha value is -1.60. The Labute approximate surface area is 146 Å². The third-order valence-electron chi connectivity index (χ3n) is 4.05. The van der Waals surface area contributed by atoms with Crippen LogP contribution >= 0.6 is 11.6 Å². The lowest BCUT2D eigenvalue weighted by atomic mass is 10.1. The molecular weight excluding hydrogens is 354 g/mol. The summed E-state index contributed by atoms with van der Waals surface area (Å²) in [6.45, 7) is 0.135. The van der Waals surface area contributed by atoms with Gasteiger partial charge in [-0.15, -0.1) is 0 Å². The Morgan fingerprint density at radius 3 is 2.62 bits per heavy atom. The van der Waals surface area contributed by atoms with Gasteiger partial charge in [0.15, 0.2) is 9.84 Å². The maximum absolute atomic E-state index is 12.7. The zero-order valence-electron chi connectivity index (χ0n) is 13.4. The number of methoxy groups -OCH3 is 1. The Bertz CT molecular complexity index is 719. The number of sulfone groups is 1. The van der Waals surface area contributed by atoms with Crippen LogP contribution < -0.4 is 0 Å². The van der Waals surface area contributed by atoms with Gasteiger partial charge < -0.3 is 9.64 Å². The fraction of sp³-hybridized carbons (Fsp3) is 0.500. The van der Waals surface area contributed by atoms with E-state index in [2.05, 4.69) is 4.74 Å². The molecule has 0 unspecified atom stereocenters. The van der Waals surface area contributed by atoms with Crippen molar-refractivity contribution < 1.29 is 22.7 Å². The second-order valence-corrected chi connectivity index (χ2v) is 8.37. The summed E-state index contributed by atoms with van der Waals surface area (Å²) in [7, 11) is -1.86. The lowest BCUT2D eigenvalue weighted by Crippen LogP contribution is -2.43. The van der Waals surface area contributed by atoms with Crippen molar-refractivity contribution in [3.05, 3.63) is 34.9 Å². The summed E-state index contributed by atoms with van der Waals surface area (Å²) >= 11 is 6.09. The summed E-state index contributed by atoms with van der Waals surface area (Å²) in [6, 6.07) is 6.60. The van der Waals surface area contributed by atoms with Crippen LogP contribution in [0.3, 0.4) is 0 Å². The van der Waals surface area contributed by atoms with Gasteiger partial charge in [-0.1, -0.05) is 29.8 Å². The number of benzene rings is 1. The summed E-state index contributed by atoms with van der Waals surface area (Å²) in [5.41, 5.74) is 0.674. The minimum absolute atomic E-state index is 0.0291. The molecule has 0 saturated carbocycles. The van der Waals surface area contributed by atoms with Gasteiger partial charge in [0, 0.05) is 17.6 Å². The summed E-state index contributed by atoms with van der Waals surface area (Å²) < 4.78 is 28.1. The van der Waals surface area contributed by atoms with E-state index >= 15 is 0 Å². The fourth-order valence-electron chi connectivity index (χ4n) is 2.75. The third kappa shape index (κ3) is 4.95. The molecule has 0 aromatic heterocycles. The Kier molecular flexibility index (Phi) is 6.23. The lowest BCUT2D eigenvalue weighted by molar-refractivity contribution is -0.142. The first-order valence-electron chi connectivity index (χ1n) is 7.62. The van der Waals surface area contributed by atoms with Crippen LogP contribution in [-0.2, 0) is 30.6 Å². The average Bonchev–Trinajstić information content (AvgIpc) is 2.89. The average molecular weight is 374 g/mol. The quantitative estimate of drug-likeness (QED) is 0.705. The van der Waals surface area contributed by atoms with E-state index in [4.69, 9.17) is 11.6 Å². The van der Waals surface area contributed by atoms with Crippen LogP contribution in [0.15, 0.2) is 24.3 Å². The summed E-state index contributed by atoms with van der Waals surface area (Å²) in [6.07, 6.45) is 0.483. The second kappa shape index (κ2) is 7.98. The minimum atomic E-state index is -3.14. The summed E-state index contributed by atoms with van der Waals surface area (Å²) in [5, 5.41) is 0.484. The largest absolute Gasteiger partial charge is 0.469 e. The van der Waals surface area contributed by atoms with Gasteiger partial charge in [0.1, 0.15) is 0 Å². The van der Waals surface area contributed by atoms with Crippen LogP contribution in [0.4, 0.5) is 0 Å². The number of carbonyl (C=O) groups excluding carboxylic acids is 2. The van der Waals surface area contributed by atoms with Crippen LogP contribution in [-0.4, -0.2) is 56.4 Å². The van der Waals surface area contributed by atoms with Gasteiger partial charge in [0.25, 0.3) is 0 Å². The minimum Gasteiger partial charge on any atom is -0.469 e. The van der Waals surface area contributed by atoms with Crippen molar-refractivity contribution in [2.75, 3.05) is 25.2 Å². The van der Waals surface area contributed by atoms with Crippen LogP contribution in [0.1, 0.15) is 18.4 Å². The number of hydrogen-bond donors (Lipinski definition) is 0. The molecule has 1 aromatic rings. The van der Waals surface area contributed by atoms with Gasteiger partial charge in [-0.05, 0) is 18.1 Å². The van der Waals surface area contributed by atoms with Crippen molar-refractivity contribution in [3.8, 4) is 0 Å². The van der Waals surface area contributed by atoms with Crippen LogP contribution in [0.25, 0.3) is 0 Å². The Morgan fingerprint density at radius 1 is 1.33 bits per heavy atom. The van der Waals surface area contributed by atoms with E-state index in [0.717, 1.165) is 0 Å².